The molecule has 1 aromatic carbocycles. The molecule has 1 amide bonds. The fraction of sp³-hybridized carbons (Fsp3) is 0.417. The number of hydrogen-bond donors (Lipinski definition) is 1. The smallest absolute Gasteiger partial charge is 0.274 e. The number of hydrogen-bond acceptors (Lipinski definition) is 8. The third-order valence-corrected chi connectivity index (χ3v) is 9.31. The van der Waals surface area contributed by atoms with Crippen molar-refractivity contribution in [3.63, 3.8) is 0 Å². The lowest BCUT2D eigenvalue weighted by Gasteiger charge is -2.38. The van der Waals surface area contributed by atoms with Gasteiger partial charge < -0.3 is 34.2 Å². The summed E-state index contributed by atoms with van der Waals surface area (Å²) in [5.74, 6) is -0.132. The van der Waals surface area contributed by atoms with Crippen molar-refractivity contribution in [3.05, 3.63) is 88.4 Å². The van der Waals surface area contributed by atoms with Crippen LogP contribution in [0.25, 0.3) is 11.1 Å². The lowest BCUT2D eigenvalue weighted by molar-refractivity contribution is -0.117. The zero-order chi connectivity index (χ0) is 33.1. The number of ether oxygens (including phenoxy) is 1. The molecule has 0 atom stereocenters. The number of allylic oxidation sites excluding steroid dienone is 2. The Morgan fingerprint density at radius 2 is 1.74 bits per heavy atom. The summed E-state index contributed by atoms with van der Waals surface area (Å²) < 4.78 is 22.6. The molecular weight excluding hydrogens is 597 g/mol. The molecule has 5 heterocycles. The number of pyridine rings is 2. The predicted octanol–water partition coefficient (Wildman–Crippen LogP) is 4.89. The predicted molar refractivity (Wildman–Crippen MR) is 185 cm³/mol. The van der Waals surface area contributed by atoms with Crippen LogP contribution in [0.1, 0.15) is 31.2 Å². The molecule has 2 fully saturated rings. The zero-order valence-corrected chi connectivity index (χ0v) is 27.6. The van der Waals surface area contributed by atoms with E-state index in [1.165, 1.54) is 16.7 Å². The van der Waals surface area contributed by atoms with E-state index >= 15 is 4.39 Å². The molecule has 3 aliphatic heterocycles. The Morgan fingerprint density at radius 1 is 0.957 bits per heavy atom. The monoisotopic (exact) mass is 641 g/mol. The van der Waals surface area contributed by atoms with Gasteiger partial charge in [0, 0.05) is 77.3 Å². The molecule has 3 aromatic rings. The number of piperazine rings is 2. The minimum absolute atomic E-state index is 0.144. The molecule has 0 bridgehead atoms. The first kappa shape index (κ1) is 32.5. The van der Waals surface area contributed by atoms with Crippen molar-refractivity contribution in [1.29, 1.82) is 0 Å². The van der Waals surface area contributed by atoms with Crippen LogP contribution in [0.15, 0.2) is 71.4 Å². The Bertz CT molecular complexity index is 1730. The van der Waals surface area contributed by atoms with E-state index in [4.69, 9.17) is 4.74 Å². The van der Waals surface area contributed by atoms with E-state index in [-0.39, 0.29) is 18.1 Å². The van der Waals surface area contributed by atoms with Crippen LogP contribution in [0, 0.1) is 5.82 Å². The van der Waals surface area contributed by atoms with Crippen LogP contribution in [0.3, 0.4) is 0 Å². The summed E-state index contributed by atoms with van der Waals surface area (Å²) in [5.41, 5.74) is 4.89. The first-order valence-corrected chi connectivity index (χ1v) is 16.4. The number of amides is 1. The Hall–Kier alpha value is -4.48. The SMILES string of the molecule is C=C1/C=C2/C(=O)N(c3cc(F)cc(-c4cc(Nc5ccc(N6CCN(C)CC6)cn5)c(=O)n(C)c4)c3COC)CCN2CCCCC1. The van der Waals surface area contributed by atoms with Crippen LogP contribution in [0.2, 0.25) is 0 Å². The van der Waals surface area contributed by atoms with Crippen LogP contribution in [0.4, 0.5) is 27.3 Å². The van der Waals surface area contributed by atoms with Crippen molar-refractivity contribution in [2.45, 2.75) is 32.3 Å². The van der Waals surface area contributed by atoms with E-state index in [0.717, 1.165) is 69.7 Å². The minimum atomic E-state index is -0.484. The first-order valence-electron chi connectivity index (χ1n) is 16.4. The number of halogens is 1. The zero-order valence-electron chi connectivity index (χ0n) is 27.6. The third kappa shape index (κ3) is 7.11. The number of likely N-dealkylation sites (N-methyl/N-ethyl adjacent to an activating group) is 1. The summed E-state index contributed by atoms with van der Waals surface area (Å²) in [4.78, 5) is 40.3. The molecule has 1 N–H and O–H groups in total. The number of benzene rings is 1. The van der Waals surface area contributed by atoms with E-state index in [2.05, 4.69) is 38.6 Å². The van der Waals surface area contributed by atoms with Crippen LogP contribution in [-0.2, 0) is 23.2 Å². The molecule has 0 radical (unpaired) electrons. The van der Waals surface area contributed by atoms with Crippen molar-refractivity contribution in [1.82, 2.24) is 19.4 Å². The second-order valence-corrected chi connectivity index (χ2v) is 12.7. The minimum Gasteiger partial charge on any atom is -0.380 e. The maximum atomic E-state index is 15.5. The van der Waals surface area contributed by atoms with E-state index in [9.17, 15) is 9.59 Å². The third-order valence-electron chi connectivity index (χ3n) is 9.31. The summed E-state index contributed by atoms with van der Waals surface area (Å²) in [5, 5.41) is 3.18. The summed E-state index contributed by atoms with van der Waals surface area (Å²) in [6.07, 6.45) is 9.39. The van der Waals surface area contributed by atoms with Crippen molar-refractivity contribution in [2.75, 3.05) is 75.1 Å². The fourth-order valence-electron chi connectivity index (χ4n) is 6.64. The lowest BCUT2D eigenvalue weighted by atomic mass is 9.97. The van der Waals surface area contributed by atoms with E-state index in [0.29, 0.717) is 52.7 Å². The number of methoxy groups -OCH3 is 1. The number of fused-ring (bicyclic) bond motifs is 1. The molecule has 248 valence electrons. The van der Waals surface area contributed by atoms with Crippen LogP contribution in [0.5, 0.6) is 0 Å². The largest absolute Gasteiger partial charge is 0.380 e. The van der Waals surface area contributed by atoms with Crippen LogP contribution >= 0.6 is 0 Å². The standard InChI is InChI=1S/C36H44FN7O3/c1-25-8-6-5-7-11-43-16-17-44(36(46)33(43)18-25)32-21-27(37)20-29(30(32)24-47-4)26-19-31(35(45)41(3)23-26)39-34-10-9-28(22-38-34)42-14-12-40(2)13-15-42/h9-10,18-23H,1,5-8,11-17,24H2,2-4H3,(H,38,39)/b33-18-. The van der Waals surface area contributed by atoms with Crippen molar-refractivity contribution in [3.8, 4) is 11.1 Å². The average Bonchev–Trinajstić information content (AvgIpc) is 3.15. The number of nitrogens with one attached hydrogen (secondary N) is 1. The van der Waals surface area contributed by atoms with Gasteiger partial charge in [0.1, 0.15) is 23.0 Å². The van der Waals surface area contributed by atoms with Gasteiger partial charge >= 0.3 is 0 Å². The molecule has 2 saturated heterocycles. The Balaban J connectivity index is 1.33. The maximum absolute atomic E-state index is 15.5. The van der Waals surface area contributed by atoms with Gasteiger partial charge in [-0.05, 0) is 68.3 Å². The Labute approximate surface area is 275 Å². The van der Waals surface area contributed by atoms with Crippen molar-refractivity contribution < 1.29 is 13.9 Å². The highest BCUT2D eigenvalue weighted by Crippen LogP contribution is 2.36. The van der Waals surface area contributed by atoms with Crippen LogP contribution in [-0.4, -0.2) is 85.2 Å². The van der Waals surface area contributed by atoms with Gasteiger partial charge in [-0.1, -0.05) is 18.6 Å². The average molecular weight is 642 g/mol. The molecule has 0 unspecified atom stereocenters. The fourth-order valence-corrected chi connectivity index (χ4v) is 6.64. The van der Waals surface area contributed by atoms with Gasteiger partial charge in [0.15, 0.2) is 0 Å². The number of carbonyl (C=O) groups excluding carboxylic acids is 1. The molecule has 47 heavy (non-hydrogen) atoms. The molecule has 3 aliphatic rings. The van der Waals surface area contributed by atoms with Crippen LogP contribution < -0.4 is 20.7 Å². The first-order chi connectivity index (χ1) is 22.7. The summed E-state index contributed by atoms with van der Waals surface area (Å²) in [6.45, 7) is 10.0. The highest BCUT2D eigenvalue weighted by molar-refractivity contribution is 6.07. The van der Waals surface area contributed by atoms with Gasteiger partial charge in [-0.3, -0.25) is 9.59 Å². The molecule has 0 saturated carbocycles. The second-order valence-electron chi connectivity index (χ2n) is 12.7. The lowest BCUT2D eigenvalue weighted by Crippen LogP contribution is -2.49. The van der Waals surface area contributed by atoms with Gasteiger partial charge in [-0.25, -0.2) is 9.37 Å². The van der Waals surface area contributed by atoms with Gasteiger partial charge in [0.25, 0.3) is 11.5 Å². The molecule has 11 heteroatoms. The highest BCUT2D eigenvalue weighted by atomic mass is 19.1. The number of nitrogens with zero attached hydrogens (tertiary/aromatic N) is 6. The number of anilines is 4. The maximum Gasteiger partial charge on any atom is 0.274 e. The molecule has 0 spiro atoms. The Morgan fingerprint density at radius 3 is 2.49 bits per heavy atom. The quantitative estimate of drug-likeness (QED) is 0.391. The molecule has 2 aromatic heterocycles. The molecule has 6 rings (SSSR count). The number of rotatable bonds is 7. The van der Waals surface area contributed by atoms with Gasteiger partial charge in [-0.15, -0.1) is 0 Å². The molecule has 10 nitrogen and oxygen atoms in total. The number of aromatic nitrogens is 2. The molecular formula is C36H44FN7O3. The van der Waals surface area contributed by atoms with Crippen molar-refractivity contribution in [2.24, 2.45) is 7.05 Å². The van der Waals surface area contributed by atoms with Crippen molar-refractivity contribution >= 4 is 28.8 Å². The topological polar surface area (TPSA) is 86.2 Å². The van der Waals surface area contributed by atoms with Gasteiger partial charge in [-0.2, -0.15) is 0 Å². The number of aryl methyl sites for hydroxylation is 1. The van der Waals surface area contributed by atoms with E-state index in [1.807, 2.05) is 24.4 Å². The van der Waals surface area contributed by atoms with Gasteiger partial charge in [0.2, 0.25) is 0 Å². The van der Waals surface area contributed by atoms with E-state index < -0.39 is 5.82 Å². The molecule has 0 aliphatic carbocycles. The Kier molecular flexibility index (Phi) is 9.74. The van der Waals surface area contributed by atoms with E-state index in [1.54, 1.807) is 31.3 Å². The van der Waals surface area contributed by atoms with Gasteiger partial charge in [0.05, 0.1) is 24.2 Å². The normalized spacial score (nSPS) is 19.1. The summed E-state index contributed by atoms with van der Waals surface area (Å²) >= 11 is 0. The summed E-state index contributed by atoms with van der Waals surface area (Å²) in [7, 11) is 5.36. The number of carbonyl (C=O) groups is 1. The summed E-state index contributed by atoms with van der Waals surface area (Å²) in [6, 6.07) is 8.42. The highest BCUT2D eigenvalue weighted by Gasteiger charge is 2.32. The second kappa shape index (κ2) is 14.1.